The number of nitrogens with zero attached hydrogens (tertiary/aromatic N) is 5. The van der Waals surface area contributed by atoms with E-state index in [1.165, 1.54) is 0 Å². The summed E-state index contributed by atoms with van der Waals surface area (Å²) >= 11 is 6.90. The van der Waals surface area contributed by atoms with Crippen LogP contribution < -0.4 is 15.0 Å². The molecule has 2 N–H and O–H groups in total. The van der Waals surface area contributed by atoms with Gasteiger partial charge in [0.2, 0.25) is 0 Å². The molecule has 0 bridgehead atoms. The Balaban J connectivity index is 1.59. The van der Waals surface area contributed by atoms with Crippen molar-refractivity contribution in [3.05, 3.63) is 40.8 Å². The van der Waals surface area contributed by atoms with Gasteiger partial charge < -0.3 is 15.0 Å². The summed E-state index contributed by atoms with van der Waals surface area (Å²) in [6, 6.07) is 6.54. The first-order valence-corrected chi connectivity index (χ1v) is 11.9. The van der Waals surface area contributed by atoms with Gasteiger partial charge in [0.05, 0.1) is 46.7 Å². The molecule has 2 aromatic heterocycles. The largest absolute Gasteiger partial charge is 0.492 e. The van der Waals surface area contributed by atoms with E-state index in [-0.39, 0.29) is 6.04 Å². The molecule has 2 aliphatic heterocycles. The molecule has 9 heteroatoms. The summed E-state index contributed by atoms with van der Waals surface area (Å²) in [5, 5.41) is 22.6. The van der Waals surface area contributed by atoms with Crippen LogP contribution >= 0.6 is 11.6 Å². The monoisotopic (exact) mass is 473 g/mol. The summed E-state index contributed by atoms with van der Waals surface area (Å²) in [4.78, 5) is 11.6. The number of ether oxygens (including phenoxy) is 1. The molecule has 2 aromatic carbocycles. The molecule has 0 aliphatic carbocycles. The molecule has 172 valence electrons. The lowest BCUT2D eigenvalue weighted by molar-refractivity contribution is 0.292. The quantitative estimate of drug-likeness (QED) is 0.460. The van der Waals surface area contributed by atoms with Crippen molar-refractivity contribution in [3.8, 4) is 22.9 Å². The minimum Gasteiger partial charge on any atom is -0.492 e. The van der Waals surface area contributed by atoms with Crippen molar-refractivity contribution in [2.45, 2.75) is 32.2 Å². The average molecular weight is 474 g/mol. The van der Waals surface area contributed by atoms with E-state index in [1.54, 1.807) is 6.33 Å². The van der Waals surface area contributed by atoms with E-state index in [4.69, 9.17) is 21.3 Å². The number of piperazine rings is 1. The van der Waals surface area contributed by atoms with E-state index < -0.39 is 0 Å². The fraction of sp³-hybridized carbons (Fsp3) is 0.360. The second-order valence-electron chi connectivity index (χ2n) is 8.95. The maximum absolute atomic E-state index is 9.17. The fourth-order valence-electron chi connectivity index (χ4n) is 5.24. The van der Waals surface area contributed by atoms with E-state index in [9.17, 15) is 5.26 Å². The SMILES string of the molecule is Cc1cc2[nH]ncc2c(-c2cc3ncnc(N4CCN[C@@H](CC#N)C4)c3c3c2CCCO3)c1Cl. The highest BCUT2D eigenvalue weighted by molar-refractivity contribution is 6.36. The van der Waals surface area contributed by atoms with Gasteiger partial charge in [0.25, 0.3) is 0 Å². The molecule has 4 heterocycles. The van der Waals surface area contributed by atoms with Gasteiger partial charge in [-0.25, -0.2) is 9.97 Å². The minimum atomic E-state index is 0.111. The van der Waals surface area contributed by atoms with Gasteiger partial charge in [0.15, 0.2) is 0 Å². The Morgan fingerprint density at radius 3 is 3.12 bits per heavy atom. The number of hydrogen-bond acceptors (Lipinski definition) is 7. The number of aromatic nitrogens is 4. The van der Waals surface area contributed by atoms with Crippen LogP contribution in [-0.4, -0.2) is 52.4 Å². The van der Waals surface area contributed by atoms with Crippen LogP contribution in [0.1, 0.15) is 24.0 Å². The summed E-state index contributed by atoms with van der Waals surface area (Å²) < 4.78 is 6.33. The first kappa shape index (κ1) is 21.1. The molecule has 0 amide bonds. The lowest BCUT2D eigenvalue weighted by Gasteiger charge is -2.34. The van der Waals surface area contributed by atoms with Crippen LogP contribution in [0.15, 0.2) is 24.7 Å². The molecule has 0 unspecified atom stereocenters. The molecule has 8 nitrogen and oxygen atoms in total. The summed E-state index contributed by atoms with van der Waals surface area (Å²) in [6.07, 6.45) is 5.73. The number of benzene rings is 2. The molecule has 0 spiro atoms. The Hall–Kier alpha value is -3.41. The van der Waals surface area contributed by atoms with Crippen LogP contribution in [0.25, 0.3) is 32.9 Å². The van der Waals surface area contributed by atoms with Crippen LogP contribution in [0.5, 0.6) is 5.75 Å². The molecule has 1 fully saturated rings. The Kier molecular flexibility index (Phi) is 5.24. The number of nitrogens with one attached hydrogen (secondary N) is 2. The number of anilines is 1. The van der Waals surface area contributed by atoms with Gasteiger partial charge in [-0.15, -0.1) is 0 Å². The van der Waals surface area contributed by atoms with Crippen LogP contribution in [0.4, 0.5) is 5.82 Å². The predicted octanol–water partition coefficient (Wildman–Crippen LogP) is 4.15. The number of nitriles is 1. The summed E-state index contributed by atoms with van der Waals surface area (Å²) in [6.45, 7) is 5.00. The maximum Gasteiger partial charge on any atom is 0.143 e. The highest BCUT2D eigenvalue weighted by Crippen LogP contribution is 2.47. The van der Waals surface area contributed by atoms with E-state index >= 15 is 0 Å². The molecule has 1 atom stereocenters. The third-order valence-corrected chi connectivity index (χ3v) is 7.30. The zero-order valence-electron chi connectivity index (χ0n) is 18.9. The second kappa shape index (κ2) is 8.42. The van der Waals surface area contributed by atoms with Gasteiger partial charge >= 0.3 is 0 Å². The average Bonchev–Trinajstić information content (AvgIpc) is 3.32. The van der Waals surface area contributed by atoms with E-state index in [2.05, 4.69) is 37.5 Å². The molecule has 2 aliphatic rings. The number of aromatic amines is 1. The highest BCUT2D eigenvalue weighted by atomic mass is 35.5. The Morgan fingerprint density at radius 2 is 2.24 bits per heavy atom. The molecule has 4 aromatic rings. The molecule has 0 saturated carbocycles. The van der Waals surface area contributed by atoms with Gasteiger partial charge in [-0.1, -0.05) is 11.6 Å². The summed E-state index contributed by atoms with van der Waals surface area (Å²) in [5.41, 5.74) is 5.90. The number of fused-ring (bicyclic) bond motifs is 4. The predicted molar refractivity (Wildman–Crippen MR) is 132 cm³/mol. The highest BCUT2D eigenvalue weighted by Gasteiger charge is 2.28. The van der Waals surface area contributed by atoms with Crippen LogP contribution in [0.3, 0.4) is 0 Å². The van der Waals surface area contributed by atoms with Crippen LogP contribution in [-0.2, 0) is 6.42 Å². The first-order chi connectivity index (χ1) is 16.7. The summed E-state index contributed by atoms with van der Waals surface area (Å²) in [7, 11) is 0. The zero-order valence-corrected chi connectivity index (χ0v) is 19.6. The number of hydrogen-bond donors (Lipinski definition) is 2. The van der Waals surface area contributed by atoms with E-state index in [0.29, 0.717) is 13.0 Å². The third kappa shape index (κ3) is 3.35. The van der Waals surface area contributed by atoms with Crippen LogP contribution in [0.2, 0.25) is 5.02 Å². The van der Waals surface area contributed by atoms with Gasteiger partial charge in [0.1, 0.15) is 17.9 Å². The van der Waals surface area contributed by atoms with Crippen molar-refractivity contribution < 1.29 is 4.74 Å². The van der Waals surface area contributed by atoms with Crippen molar-refractivity contribution in [1.29, 1.82) is 5.26 Å². The van der Waals surface area contributed by atoms with Crippen molar-refractivity contribution in [3.63, 3.8) is 0 Å². The van der Waals surface area contributed by atoms with E-state index in [1.807, 2.05) is 19.2 Å². The number of halogens is 1. The molecule has 1 saturated heterocycles. The molecular formula is C25H24ClN7O. The lowest BCUT2D eigenvalue weighted by atomic mass is 9.90. The van der Waals surface area contributed by atoms with Crippen molar-refractivity contribution >= 4 is 39.2 Å². The number of rotatable bonds is 3. The molecule has 6 rings (SSSR count). The number of H-pyrrole nitrogens is 1. The topological polar surface area (TPSA) is 103 Å². The smallest absolute Gasteiger partial charge is 0.143 e. The van der Waals surface area contributed by atoms with Crippen molar-refractivity contribution in [2.75, 3.05) is 31.1 Å². The van der Waals surface area contributed by atoms with Gasteiger partial charge in [-0.05, 0) is 43.0 Å². The van der Waals surface area contributed by atoms with Gasteiger partial charge in [-0.3, -0.25) is 5.10 Å². The Bertz CT molecular complexity index is 1460. The second-order valence-corrected chi connectivity index (χ2v) is 9.33. The third-order valence-electron chi connectivity index (χ3n) is 6.81. The van der Waals surface area contributed by atoms with Crippen molar-refractivity contribution in [2.24, 2.45) is 0 Å². The van der Waals surface area contributed by atoms with Crippen LogP contribution in [0, 0.1) is 18.3 Å². The molecule has 34 heavy (non-hydrogen) atoms. The summed E-state index contributed by atoms with van der Waals surface area (Å²) in [5.74, 6) is 1.71. The molecular weight excluding hydrogens is 450 g/mol. The minimum absolute atomic E-state index is 0.111. The van der Waals surface area contributed by atoms with Gasteiger partial charge in [0, 0.05) is 42.2 Å². The first-order valence-electron chi connectivity index (χ1n) is 11.6. The molecule has 0 radical (unpaired) electrons. The fourth-order valence-corrected chi connectivity index (χ4v) is 5.49. The number of aryl methyl sites for hydroxylation is 1. The lowest BCUT2D eigenvalue weighted by Crippen LogP contribution is -2.50. The van der Waals surface area contributed by atoms with Crippen molar-refractivity contribution in [1.82, 2.24) is 25.5 Å². The Morgan fingerprint density at radius 1 is 1.32 bits per heavy atom. The Labute approximate surface area is 201 Å². The zero-order chi connectivity index (χ0) is 23.2. The maximum atomic E-state index is 9.17. The standard InChI is InChI=1S/C25H24ClN7O/c1-14-9-19-18(11-31-32-19)21(23(14)26)17-10-20-22(24-16(17)3-2-8-34-24)25(30-13-29-20)33-7-6-28-15(12-33)4-5-27/h9-11,13,15,28H,2-4,6-8,12H2,1H3,(H,31,32)/t15-/m0/s1. The van der Waals surface area contributed by atoms with Gasteiger partial charge in [-0.2, -0.15) is 10.4 Å². The normalized spacial score (nSPS) is 18.0. The van der Waals surface area contributed by atoms with E-state index in [0.717, 1.165) is 93.1 Å².